The van der Waals surface area contributed by atoms with Gasteiger partial charge in [0.05, 0.1) is 19.3 Å². The van der Waals surface area contributed by atoms with Gasteiger partial charge in [0.2, 0.25) is 0 Å². The highest BCUT2D eigenvalue weighted by atomic mass is 16.5. The maximum atomic E-state index is 9.64. The van der Waals surface area contributed by atoms with Crippen LogP contribution in [0.25, 0.3) is 0 Å². The van der Waals surface area contributed by atoms with E-state index in [-0.39, 0.29) is 30.1 Å². The SMILES string of the molecule is CCCC(CCCOCCC(C)(CO)CCC)OCC(C)(CO)CCC. The zero-order valence-electron chi connectivity index (χ0n) is 18.2. The Labute approximate surface area is 162 Å². The Kier molecular flexibility index (Phi) is 14.8. The standard InChI is InChI=1S/C22H46O4/c1-6-10-20(26-19-22(5,18-24)13-8-3)11-9-15-25-16-14-21(4,17-23)12-7-2/h20,23-24H,6-19H2,1-5H3. The molecule has 158 valence electrons. The first kappa shape index (κ1) is 25.8. The summed E-state index contributed by atoms with van der Waals surface area (Å²) in [7, 11) is 0. The van der Waals surface area contributed by atoms with Crippen LogP contribution in [0.4, 0.5) is 0 Å². The first-order valence-corrected chi connectivity index (χ1v) is 10.8. The minimum atomic E-state index is -0.120. The molecule has 0 saturated carbocycles. The first-order valence-electron chi connectivity index (χ1n) is 10.8. The minimum absolute atomic E-state index is 0.00334. The van der Waals surface area contributed by atoms with Gasteiger partial charge in [-0.3, -0.25) is 0 Å². The lowest BCUT2D eigenvalue weighted by molar-refractivity contribution is -0.0381. The molecule has 4 nitrogen and oxygen atoms in total. The number of aliphatic hydroxyl groups excluding tert-OH is 2. The van der Waals surface area contributed by atoms with E-state index in [9.17, 15) is 10.2 Å². The van der Waals surface area contributed by atoms with Crippen LogP contribution in [0.1, 0.15) is 92.4 Å². The van der Waals surface area contributed by atoms with Gasteiger partial charge in [-0.05, 0) is 43.9 Å². The molecule has 0 aliphatic heterocycles. The van der Waals surface area contributed by atoms with E-state index in [4.69, 9.17) is 9.47 Å². The smallest absolute Gasteiger partial charge is 0.0576 e. The molecule has 0 aromatic rings. The monoisotopic (exact) mass is 374 g/mol. The van der Waals surface area contributed by atoms with Crippen molar-refractivity contribution < 1.29 is 19.7 Å². The Morgan fingerprint density at radius 2 is 1.38 bits per heavy atom. The van der Waals surface area contributed by atoms with E-state index in [0.29, 0.717) is 6.61 Å². The molecular weight excluding hydrogens is 328 g/mol. The van der Waals surface area contributed by atoms with Gasteiger partial charge in [-0.2, -0.15) is 0 Å². The Bertz CT molecular complexity index is 323. The van der Waals surface area contributed by atoms with Crippen LogP contribution in [0.3, 0.4) is 0 Å². The fourth-order valence-electron chi connectivity index (χ4n) is 3.47. The van der Waals surface area contributed by atoms with Crippen molar-refractivity contribution in [1.29, 1.82) is 0 Å². The van der Waals surface area contributed by atoms with Crippen LogP contribution in [0.2, 0.25) is 0 Å². The number of aliphatic hydroxyl groups is 2. The molecule has 0 aromatic carbocycles. The van der Waals surface area contributed by atoms with Crippen molar-refractivity contribution in [1.82, 2.24) is 0 Å². The predicted octanol–water partition coefficient (Wildman–Crippen LogP) is 4.96. The van der Waals surface area contributed by atoms with Gasteiger partial charge in [0.25, 0.3) is 0 Å². The van der Waals surface area contributed by atoms with Crippen molar-refractivity contribution in [3.63, 3.8) is 0 Å². The second-order valence-electron chi connectivity index (χ2n) is 8.66. The zero-order valence-corrected chi connectivity index (χ0v) is 18.2. The molecule has 0 radical (unpaired) electrons. The summed E-state index contributed by atoms with van der Waals surface area (Å²) in [6, 6.07) is 0. The Morgan fingerprint density at radius 3 is 1.92 bits per heavy atom. The summed E-state index contributed by atoms with van der Waals surface area (Å²) < 4.78 is 12.0. The molecule has 2 N–H and O–H groups in total. The van der Waals surface area contributed by atoms with Gasteiger partial charge in [-0.15, -0.1) is 0 Å². The Balaban J connectivity index is 4.07. The first-order chi connectivity index (χ1) is 12.4. The van der Waals surface area contributed by atoms with Crippen molar-refractivity contribution in [2.45, 2.75) is 98.5 Å². The van der Waals surface area contributed by atoms with Crippen molar-refractivity contribution in [2.24, 2.45) is 10.8 Å². The average molecular weight is 375 g/mol. The summed E-state index contributed by atoms with van der Waals surface area (Å²) in [6.45, 7) is 13.3. The van der Waals surface area contributed by atoms with Gasteiger partial charge in [0.15, 0.2) is 0 Å². The lowest BCUT2D eigenvalue weighted by Crippen LogP contribution is -2.30. The lowest BCUT2D eigenvalue weighted by Gasteiger charge is -2.29. The molecule has 26 heavy (non-hydrogen) atoms. The third kappa shape index (κ3) is 11.5. The van der Waals surface area contributed by atoms with E-state index >= 15 is 0 Å². The Morgan fingerprint density at radius 1 is 0.769 bits per heavy atom. The topological polar surface area (TPSA) is 58.9 Å². The molecule has 4 heteroatoms. The third-order valence-corrected chi connectivity index (χ3v) is 5.41. The van der Waals surface area contributed by atoms with Gasteiger partial charge < -0.3 is 19.7 Å². The van der Waals surface area contributed by atoms with Gasteiger partial charge in [-0.1, -0.05) is 53.9 Å². The maximum Gasteiger partial charge on any atom is 0.0576 e. The molecule has 0 spiro atoms. The average Bonchev–Trinajstić information content (AvgIpc) is 2.63. The highest BCUT2D eigenvalue weighted by molar-refractivity contribution is 4.74. The number of hydrogen-bond donors (Lipinski definition) is 2. The summed E-state index contributed by atoms with van der Waals surface area (Å²) in [4.78, 5) is 0. The second kappa shape index (κ2) is 14.8. The molecule has 3 atom stereocenters. The summed E-state index contributed by atoms with van der Waals surface area (Å²) in [6.07, 6.45) is 9.55. The summed E-state index contributed by atoms with van der Waals surface area (Å²) in [5.41, 5.74) is -0.123. The Hall–Kier alpha value is -0.160. The quantitative estimate of drug-likeness (QED) is 0.333. The third-order valence-electron chi connectivity index (χ3n) is 5.41. The highest BCUT2D eigenvalue weighted by Gasteiger charge is 2.24. The van der Waals surface area contributed by atoms with Crippen LogP contribution in [0, 0.1) is 10.8 Å². The number of hydrogen-bond acceptors (Lipinski definition) is 4. The van der Waals surface area contributed by atoms with Crippen LogP contribution in [0.5, 0.6) is 0 Å². The predicted molar refractivity (Wildman–Crippen MR) is 110 cm³/mol. The molecule has 0 aliphatic carbocycles. The van der Waals surface area contributed by atoms with E-state index in [1.165, 1.54) is 0 Å². The van der Waals surface area contributed by atoms with E-state index in [1.54, 1.807) is 0 Å². The molecule has 0 amide bonds. The molecular formula is C22H46O4. The normalized spacial score (nSPS) is 17.7. The van der Waals surface area contributed by atoms with Crippen molar-refractivity contribution in [2.75, 3.05) is 33.0 Å². The summed E-state index contributed by atoms with van der Waals surface area (Å²) >= 11 is 0. The van der Waals surface area contributed by atoms with E-state index in [0.717, 1.165) is 71.0 Å². The van der Waals surface area contributed by atoms with Crippen molar-refractivity contribution in [3.05, 3.63) is 0 Å². The molecule has 0 heterocycles. The van der Waals surface area contributed by atoms with Crippen LogP contribution < -0.4 is 0 Å². The van der Waals surface area contributed by atoms with Gasteiger partial charge in [0, 0.05) is 25.2 Å². The fourth-order valence-corrected chi connectivity index (χ4v) is 3.47. The number of ether oxygens (including phenoxy) is 2. The molecule has 0 rings (SSSR count). The van der Waals surface area contributed by atoms with E-state index < -0.39 is 0 Å². The van der Waals surface area contributed by atoms with Gasteiger partial charge in [-0.25, -0.2) is 0 Å². The zero-order chi connectivity index (χ0) is 19.9. The molecule has 0 fully saturated rings. The van der Waals surface area contributed by atoms with E-state index in [1.807, 2.05) is 0 Å². The summed E-state index contributed by atoms with van der Waals surface area (Å²) in [5, 5.41) is 19.2. The molecule has 3 unspecified atom stereocenters. The summed E-state index contributed by atoms with van der Waals surface area (Å²) in [5.74, 6) is 0. The van der Waals surface area contributed by atoms with Gasteiger partial charge in [0.1, 0.15) is 0 Å². The molecule has 0 aliphatic rings. The molecule has 0 bridgehead atoms. The highest BCUT2D eigenvalue weighted by Crippen LogP contribution is 2.27. The van der Waals surface area contributed by atoms with Crippen molar-refractivity contribution in [3.8, 4) is 0 Å². The van der Waals surface area contributed by atoms with Crippen LogP contribution in [0.15, 0.2) is 0 Å². The fraction of sp³-hybridized carbons (Fsp3) is 1.00. The largest absolute Gasteiger partial charge is 0.396 e. The molecule has 0 saturated heterocycles. The minimum Gasteiger partial charge on any atom is -0.396 e. The number of rotatable bonds is 18. The van der Waals surface area contributed by atoms with Crippen molar-refractivity contribution >= 4 is 0 Å². The van der Waals surface area contributed by atoms with E-state index in [2.05, 4.69) is 34.6 Å². The van der Waals surface area contributed by atoms with Crippen LogP contribution >= 0.6 is 0 Å². The lowest BCUT2D eigenvalue weighted by atomic mass is 9.83. The van der Waals surface area contributed by atoms with Crippen LogP contribution in [-0.4, -0.2) is 49.4 Å². The van der Waals surface area contributed by atoms with Gasteiger partial charge >= 0.3 is 0 Å². The molecule has 0 aromatic heterocycles. The van der Waals surface area contributed by atoms with Crippen LogP contribution in [-0.2, 0) is 9.47 Å². The maximum absolute atomic E-state index is 9.64. The second-order valence-corrected chi connectivity index (χ2v) is 8.66.